The Morgan fingerprint density at radius 2 is 2.00 bits per heavy atom. The van der Waals surface area contributed by atoms with Crippen LogP contribution in [-0.2, 0) is 28.5 Å². The van der Waals surface area contributed by atoms with E-state index in [0.29, 0.717) is 6.61 Å². The fraction of sp³-hybridized carbons (Fsp3) is 0.909. The van der Waals surface area contributed by atoms with Crippen LogP contribution in [0, 0.1) is 0 Å². The molecule has 3 saturated heterocycles. The van der Waals surface area contributed by atoms with Crippen molar-refractivity contribution in [2.75, 3.05) is 6.61 Å². The highest BCUT2D eigenvalue weighted by atomic mass is 16.8. The standard InChI is InChI=1S/C11H16O6/c1-5(12)14-9-8-7(16-11(2,3)17-8)6-4-13-10(9)15-6/h6-10H,4H2,1-3H3/t6-,7-,8-,9+,10-/m1/s1. The van der Waals surface area contributed by atoms with Gasteiger partial charge in [0, 0.05) is 6.92 Å². The quantitative estimate of drug-likeness (QED) is 0.614. The van der Waals surface area contributed by atoms with Gasteiger partial charge >= 0.3 is 5.97 Å². The maximum absolute atomic E-state index is 11.1. The predicted octanol–water partition coefficient (Wildman–Crippen LogP) is 0.193. The summed E-state index contributed by atoms with van der Waals surface area (Å²) in [4.78, 5) is 11.1. The lowest BCUT2D eigenvalue weighted by Gasteiger charge is -2.34. The lowest BCUT2D eigenvalue weighted by Crippen LogP contribution is -2.53. The number of rotatable bonds is 1. The normalized spacial score (nSPS) is 46.6. The van der Waals surface area contributed by atoms with E-state index in [4.69, 9.17) is 23.7 Å². The summed E-state index contributed by atoms with van der Waals surface area (Å²) in [5.74, 6) is -1.05. The fourth-order valence-corrected chi connectivity index (χ4v) is 2.61. The van der Waals surface area contributed by atoms with Gasteiger partial charge in [-0.2, -0.15) is 0 Å². The molecule has 3 aliphatic rings. The van der Waals surface area contributed by atoms with E-state index in [0.717, 1.165) is 0 Å². The van der Waals surface area contributed by atoms with Crippen LogP contribution in [0.25, 0.3) is 0 Å². The van der Waals surface area contributed by atoms with E-state index in [9.17, 15) is 4.79 Å². The average molecular weight is 244 g/mol. The summed E-state index contributed by atoms with van der Waals surface area (Å²) in [6.45, 7) is 5.48. The second kappa shape index (κ2) is 3.65. The molecule has 0 aromatic rings. The van der Waals surface area contributed by atoms with Crippen molar-refractivity contribution in [2.24, 2.45) is 0 Å². The van der Waals surface area contributed by atoms with Crippen LogP contribution in [0.3, 0.4) is 0 Å². The van der Waals surface area contributed by atoms with E-state index in [2.05, 4.69) is 0 Å². The van der Waals surface area contributed by atoms with Crippen molar-refractivity contribution in [3.05, 3.63) is 0 Å². The number of ether oxygens (including phenoxy) is 5. The maximum atomic E-state index is 11.1. The van der Waals surface area contributed by atoms with Crippen LogP contribution < -0.4 is 0 Å². The molecular weight excluding hydrogens is 228 g/mol. The van der Waals surface area contributed by atoms with Crippen LogP contribution in [0.15, 0.2) is 0 Å². The van der Waals surface area contributed by atoms with E-state index < -0.39 is 18.2 Å². The third kappa shape index (κ3) is 1.85. The molecule has 6 nitrogen and oxygen atoms in total. The summed E-state index contributed by atoms with van der Waals surface area (Å²) in [6.07, 6.45) is -1.80. The molecule has 3 heterocycles. The largest absolute Gasteiger partial charge is 0.454 e. The smallest absolute Gasteiger partial charge is 0.303 e. The summed E-state index contributed by atoms with van der Waals surface area (Å²) in [6, 6.07) is 0. The average Bonchev–Trinajstić information content (AvgIpc) is 2.75. The molecule has 5 atom stereocenters. The van der Waals surface area contributed by atoms with E-state index in [-0.39, 0.29) is 24.3 Å². The van der Waals surface area contributed by atoms with Crippen molar-refractivity contribution in [3.8, 4) is 0 Å². The predicted molar refractivity (Wildman–Crippen MR) is 54.0 cm³/mol. The zero-order valence-electron chi connectivity index (χ0n) is 10.0. The van der Waals surface area contributed by atoms with Gasteiger partial charge in [0.25, 0.3) is 0 Å². The SMILES string of the molecule is CC(=O)O[C@@H]1[C@@H]2OC[C@@H](O2)[C@H]2OC(C)(C)O[C@@H]12. The molecule has 0 unspecified atom stereocenters. The van der Waals surface area contributed by atoms with Gasteiger partial charge in [-0.1, -0.05) is 0 Å². The highest BCUT2D eigenvalue weighted by Gasteiger charge is 2.59. The first-order valence-corrected chi connectivity index (χ1v) is 5.76. The number of carbonyl (C=O) groups is 1. The summed E-state index contributed by atoms with van der Waals surface area (Å²) in [5, 5.41) is 0. The van der Waals surface area contributed by atoms with Gasteiger partial charge in [-0.25, -0.2) is 0 Å². The van der Waals surface area contributed by atoms with Gasteiger partial charge in [-0.15, -0.1) is 0 Å². The summed E-state index contributed by atoms with van der Waals surface area (Å²) >= 11 is 0. The van der Waals surface area contributed by atoms with Gasteiger partial charge in [0.15, 0.2) is 18.2 Å². The molecule has 0 N–H and O–H groups in total. The molecule has 17 heavy (non-hydrogen) atoms. The topological polar surface area (TPSA) is 63.2 Å². The van der Waals surface area contributed by atoms with Crippen molar-refractivity contribution in [3.63, 3.8) is 0 Å². The molecule has 3 rings (SSSR count). The molecule has 0 radical (unpaired) electrons. The lowest BCUT2D eigenvalue weighted by atomic mass is 10.0. The highest BCUT2D eigenvalue weighted by Crippen LogP contribution is 2.41. The Labute approximate surface area is 99.1 Å². The van der Waals surface area contributed by atoms with Crippen molar-refractivity contribution in [2.45, 2.75) is 57.3 Å². The highest BCUT2D eigenvalue weighted by molar-refractivity contribution is 5.66. The first-order chi connectivity index (χ1) is 7.96. The Kier molecular flexibility index (Phi) is 2.45. The number of hydrogen-bond acceptors (Lipinski definition) is 6. The summed E-state index contributed by atoms with van der Waals surface area (Å²) in [5.41, 5.74) is 0. The number of fused-ring (bicyclic) bond motifs is 4. The Hall–Kier alpha value is -0.690. The minimum Gasteiger partial charge on any atom is -0.454 e. The lowest BCUT2D eigenvalue weighted by molar-refractivity contribution is -0.220. The molecule has 0 aromatic heterocycles. The molecule has 0 saturated carbocycles. The van der Waals surface area contributed by atoms with Crippen LogP contribution in [0.2, 0.25) is 0 Å². The van der Waals surface area contributed by atoms with Gasteiger partial charge in [0.1, 0.15) is 18.3 Å². The Bertz CT molecular complexity index is 341. The molecule has 96 valence electrons. The molecule has 3 fully saturated rings. The Morgan fingerprint density at radius 3 is 2.71 bits per heavy atom. The molecule has 6 heteroatoms. The second-order valence-electron chi connectivity index (χ2n) is 5.02. The zero-order valence-corrected chi connectivity index (χ0v) is 10.0. The van der Waals surface area contributed by atoms with Crippen LogP contribution in [0.5, 0.6) is 0 Å². The first kappa shape index (κ1) is 11.4. The monoisotopic (exact) mass is 244 g/mol. The third-order valence-electron chi connectivity index (χ3n) is 3.16. The third-order valence-corrected chi connectivity index (χ3v) is 3.16. The summed E-state index contributed by atoms with van der Waals surface area (Å²) in [7, 11) is 0. The van der Waals surface area contributed by atoms with Crippen molar-refractivity contribution in [1.82, 2.24) is 0 Å². The molecule has 0 aromatic carbocycles. The summed E-state index contributed by atoms with van der Waals surface area (Å²) < 4.78 is 27.8. The van der Waals surface area contributed by atoms with Crippen LogP contribution >= 0.6 is 0 Å². The van der Waals surface area contributed by atoms with E-state index in [1.807, 2.05) is 13.8 Å². The van der Waals surface area contributed by atoms with Crippen LogP contribution in [-0.4, -0.2) is 49.1 Å². The Morgan fingerprint density at radius 1 is 1.29 bits per heavy atom. The number of hydrogen-bond donors (Lipinski definition) is 0. The van der Waals surface area contributed by atoms with Gasteiger partial charge < -0.3 is 23.7 Å². The minimum absolute atomic E-state index is 0.140. The molecule has 0 aliphatic carbocycles. The number of carbonyl (C=O) groups excluding carboxylic acids is 1. The van der Waals surface area contributed by atoms with Crippen molar-refractivity contribution < 1.29 is 28.5 Å². The molecule has 2 bridgehead atoms. The van der Waals surface area contributed by atoms with Gasteiger partial charge in [-0.05, 0) is 13.8 Å². The zero-order chi connectivity index (χ0) is 12.2. The minimum atomic E-state index is -0.679. The molecular formula is C11H16O6. The van der Waals surface area contributed by atoms with Crippen LogP contribution in [0.4, 0.5) is 0 Å². The molecule has 0 spiro atoms. The van der Waals surface area contributed by atoms with Crippen molar-refractivity contribution >= 4 is 5.97 Å². The van der Waals surface area contributed by atoms with Gasteiger partial charge in [-0.3, -0.25) is 4.79 Å². The molecule has 0 amide bonds. The number of esters is 1. The van der Waals surface area contributed by atoms with Gasteiger partial charge in [0.2, 0.25) is 0 Å². The molecule has 3 aliphatic heterocycles. The fourth-order valence-electron chi connectivity index (χ4n) is 2.61. The van der Waals surface area contributed by atoms with Crippen LogP contribution in [0.1, 0.15) is 20.8 Å². The van der Waals surface area contributed by atoms with E-state index in [1.54, 1.807) is 0 Å². The first-order valence-electron chi connectivity index (χ1n) is 5.76. The van der Waals surface area contributed by atoms with E-state index >= 15 is 0 Å². The second-order valence-corrected chi connectivity index (χ2v) is 5.02. The Balaban J connectivity index is 1.85. The maximum Gasteiger partial charge on any atom is 0.303 e. The van der Waals surface area contributed by atoms with E-state index in [1.165, 1.54) is 6.92 Å². The van der Waals surface area contributed by atoms with Gasteiger partial charge in [0.05, 0.1) is 6.61 Å². The van der Waals surface area contributed by atoms with Crippen molar-refractivity contribution in [1.29, 1.82) is 0 Å².